The molecular formula is C19H17F2N3O4. The van der Waals surface area contributed by atoms with Gasteiger partial charge in [0.15, 0.2) is 6.61 Å². The zero-order valence-corrected chi connectivity index (χ0v) is 14.9. The lowest BCUT2D eigenvalue weighted by molar-refractivity contribution is -0.125. The first-order valence-electron chi connectivity index (χ1n) is 8.34. The number of alkyl halides is 2. The van der Waals surface area contributed by atoms with Crippen molar-refractivity contribution in [1.82, 2.24) is 5.43 Å². The predicted octanol–water partition coefficient (Wildman–Crippen LogP) is 2.55. The lowest BCUT2D eigenvalue weighted by Crippen LogP contribution is -2.44. The van der Waals surface area contributed by atoms with Gasteiger partial charge in [-0.15, -0.1) is 0 Å². The zero-order chi connectivity index (χ0) is 20.1. The molecule has 0 unspecified atom stereocenters. The molecule has 0 spiro atoms. The van der Waals surface area contributed by atoms with E-state index in [0.29, 0.717) is 22.7 Å². The third-order valence-corrected chi connectivity index (χ3v) is 3.96. The van der Waals surface area contributed by atoms with E-state index in [4.69, 9.17) is 4.74 Å². The molecule has 1 aliphatic heterocycles. The van der Waals surface area contributed by atoms with Crippen LogP contribution in [0.5, 0.6) is 11.5 Å². The summed E-state index contributed by atoms with van der Waals surface area (Å²) in [5.41, 5.74) is 3.99. The topological polar surface area (TPSA) is 80.2 Å². The van der Waals surface area contributed by atoms with Crippen LogP contribution in [0.2, 0.25) is 0 Å². The number of benzene rings is 2. The van der Waals surface area contributed by atoms with E-state index in [0.717, 1.165) is 0 Å². The van der Waals surface area contributed by atoms with Gasteiger partial charge < -0.3 is 9.47 Å². The molecule has 0 radical (unpaired) electrons. The Balaban J connectivity index is 1.62. The number of ether oxygens (including phenoxy) is 2. The van der Waals surface area contributed by atoms with Crippen LogP contribution < -0.4 is 19.8 Å². The third kappa shape index (κ3) is 4.61. The number of nitrogens with zero attached hydrogens (tertiary/aromatic N) is 2. The summed E-state index contributed by atoms with van der Waals surface area (Å²) >= 11 is 0. The average molecular weight is 389 g/mol. The van der Waals surface area contributed by atoms with Crippen molar-refractivity contribution in [3.63, 3.8) is 0 Å². The molecule has 2 aromatic rings. The molecule has 3 rings (SSSR count). The van der Waals surface area contributed by atoms with E-state index >= 15 is 0 Å². The number of amides is 2. The van der Waals surface area contributed by atoms with Gasteiger partial charge in [-0.25, -0.2) is 5.43 Å². The van der Waals surface area contributed by atoms with Gasteiger partial charge in [-0.2, -0.15) is 13.9 Å². The fourth-order valence-corrected chi connectivity index (χ4v) is 2.59. The van der Waals surface area contributed by atoms with Crippen LogP contribution in [0.15, 0.2) is 53.6 Å². The molecule has 1 N–H and O–H groups in total. The average Bonchev–Trinajstić information content (AvgIpc) is 2.68. The summed E-state index contributed by atoms with van der Waals surface area (Å²) in [5.74, 6) is -0.257. The number of anilines is 1. The summed E-state index contributed by atoms with van der Waals surface area (Å²) < 4.78 is 34.0. The molecule has 0 aromatic heterocycles. The molecule has 7 nitrogen and oxygen atoms in total. The van der Waals surface area contributed by atoms with Crippen molar-refractivity contribution in [3.8, 4) is 11.5 Å². The molecule has 1 aliphatic rings. The molecule has 146 valence electrons. The number of para-hydroxylation sites is 2. The van der Waals surface area contributed by atoms with Gasteiger partial charge >= 0.3 is 6.61 Å². The molecule has 2 amide bonds. The first-order valence-corrected chi connectivity index (χ1v) is 8.34. The third-order valence-electron chi connectivity index (χ3n) is 3.96. The Bertz CT molecular complexity index is 900. The molecule has 9 heteroatoms. The van der Waals surface area contributed by atoms with Crippen LogP contribution in [0.1, 0.15) is 12.5 Å². The Labute approximate surface area is 159 Å². The SMILES string of the molecule is C/C(=N/NC(=O)CN1C(=O)COc2ccccc21)c1ccc(OC(F)F)cc1. The molecule has 28 heavy (non-hydrogen) atoms. The van der Waals surface area contributed by atoms with E-state index in [1.54, 1.807) is 43.3 Å². The Morgan fingerprint density at radius 2 is 1.96 bits per heavy atom. The molecule has 0 atom stereocenters. The second kappa shape index (κ2) is 8.47. The van der Waals surface area contributed by atoms with Gasteiger partial charge in [0.2, 0.25) is 0 Å². The highest BCUT2D eigenvalue weighted by molar-refractivity contribution is 6.03. The van der Waals surface area contributed by atoms with Crippen LogP contribution in [0.4, 0.5) is 14.5 Å². The molecular weight excluding hydrogens is 372 g/mol. The Hall–Kier alpha value is -3.49. The number of fused-ring (bicyclic) bond motifs is 1. The highest BCUT2D eigenvalue weighted by Gasteiger charge is 2.26. The Morgan fingerprint density at radius 1 is 1.25 bits per heavy atom. The van der Waals surface area contributed by atoms with Crippen LogP contribution >= 0.6 is 0 Å². The number of nitrogens with one attached hydrogen (secondary N) is 1. The number of carbonyl (C=O) groups is 2. The van der Waals surface area contributed by atoms with Crippen molar-refractivity contribution in [1.29, 1.82) is 0 Å². The van der Waals surface area contributed by atoms with Gasteiger partial charge in [-0.1, -0.05) is 12.1 Å². The van der Waals surface area contributed by atoms with E-state index in [9.17, 15) is 18.4 Å². The maximum Gasteiger partial charge on any atom is 0.387 e. The largest absolute Gasteiger partial charge is 0.482 e. The van der Waals surface area contributed by atoms with E-state index in [2.05, 4.69) is 15.3 Å². The smallest absolute Gasteiger partial charge is 0.387 e. The Morgan fingerprint density at radius 3 is 2.68 bits per heavy atom. The normalized spacial score (nSPS) is 13.8. The highest BCUT2D eigenvalue weighted by Crippen LogP contribution is 2.31. The molecule has 0 aliphatic carbocycles. The van der Waals surface area contributed by atoms with Gasteiger partial charge in [-0.3, -0.25) is 14.5 Å². The van der Waals surface area contributed by atoms with Gasteiger partial charge in [0.1, 0.15) is 18.0 Å². The number of hydrogen-bond acceptors (Lipinski definition) is 5. The van der Waals surface area contributed by atoms with Crippen LogP contribution in [0, 0.1) is 0 Å². The zero-order valence-electron chi connectivity index (χ0n) is 14.9. The van der Waals surface area contributed by atoms with Crippen molar-refractivity contribution >= 4 is 23.2 Å². The summed E-state index contributed by atoms with van der Waals surface area (Å²) in [6, 6.07) is 12.8. The van der Waals surface area contributed by atoms with Crippen LogP contribution in [0.3, 0.4) is 0 Å². The number of hydrazone groups is 1. The van der Waals surface area contributed by atoms with Gasteiger partial charge in [0.25, 0.3) is 11.8 Å². The molecule has 0 bridgehead atoms. The second-order valence-corrected chi connectivity index (χ2v) is 5.87. The standard InChI is InChI=1S/C19H17F2N3O4/c1-12(13-6-8-14(9-7-13)28-19(20)21)22-23-17(25)10-24-15-4-2-3-5-16(15)27-11-18(24)26/h2-9,19H,10-11H2,1H3,(H,23,25)/b22-12-. The fourth-order valence-electron chi connectivity index (χ4n) is 2.59. The summed E-state index contributed by atoms with van der Waals surface area (Å²) in [6.07, 6.45) is 0. The van der Waals surface area contributed by atoms with E-state index < -0.39 is 12.5 Å². The number of hydrogen-bond donors (Lipinski definition) is 1. The first kappa shape index (κ1) is 19.3. The van der Waals surface area contributed by atoms with Crippen molar-refractivity contribution in [2.45, 2.75) is 13.5 Å². The number of rotatable bonds is 6. The van der Waals surface area contributed by atoms with Crippen molar-refractivity contribution in [2.75, 3.05) is 18.1 Å². The summed E-state index contributed by atoms with van der Waals surface area (Å²) in [7, 11) is 0. The summed E-state index contributed by atoms with van der Waals surface area (Å²) in [6.45, 7) is -1.59. The van der Waals surface area contributed by atoms with E-state index in [-0.39, 0.29) is 24.8 Å². The number of carbonyl (C=O) groups excluding carboxylic acids is 2. The molecule has 1 heterocycles. The molecule has 2 aromatic carbocycles. The van der Waals surface area contributed by atoms with Crippen molar-refractivity contribution < 1.29 is 27.8 Å². The van der Waals surface area contributed by atoms with Gasteiger partial charge in [0, 0.05) is 0 Å². The predicted molar refractivity (Wildman–Crippen MR) is 97.7 cm³/mol. The number of halogens is 2. The van der Waals surface area contributed by atoms with Crippen molar-refractivity contribution in [2.24, 2.45) is 5.10 Å². The molecule has 0 saturated carbocycles. The maximum atomic E-state index is 12.2. The van der Waals surface area contributed by atoms with E-state index in [1.807, 2.05) is 0 Å². The minimum atomic E-state index is -2.90. The summed E-state index contributed by atoms with van der Waals surface area (Å²) in [5, 5.41) is 3.99. The maximum absolute atomic E-state index is 12.2. The lowest BCUT2D eigenvalue weighted by Gasteiger charge is -2.28. The van der Waals surface area contributed by atoms with Crippen LogP contribution in [-0.2, 0) is 9.59 Å². The minimum Gasteiger partial charge on any atom is -0.482 e. The quantitative estimate of drug-likeness (QED) is 0.608. The first-order chi connectivity index (χ1) is 13.4. The monoisotopic (exact) mass is 389 g/mol. The minimum absolute atomic E-state index is 0.0279. The molecule has 0 fully saturated rings. The van der Waals surface area contributed by atoms with Gasteiger partial charge in [-0.05, 0) is 48.9 Å². The highest BCUT2D eigenvalue weighted by atomic mass is 19.3. The summed E-state index contributed by atoms with van der Waals surface area (Å²) in [4.78, 5) is 25.6. The van der Waals surface area contributed by atoms with Crippen molar-refractivity contribution in [3.05, 3.63) is 54.1 Å². The van der Waals surface area contributed by atoms with Gasteiger partial charge in [0.05, 0.1) is 11.4 Å². The lowest BCUT2D eigenvalue weighted by atomic mass is 10.1. The fraction of sp³-hybridized carbons (Fsp3) is 0.211. The second-order valence-electron chi connectivity index (χ2n) is 5.87. The molecule has 0 saturated heterocycles. The van der Waals surface area contributed by atoms with E-state index in [1.165, 1.54) is 17.0 Å². The van der Waals surface area contributed by atoms with Crippen LogP contribution in [0.25, 0.3) is 0 Å². The Kier molecular flexibility index (Phi) is 5.83. The van der Waals surface area contributed by atoms with Crippen LogP contribution in [-0.4, -0.2) is 37.3 Å².